The minimum Gasteiger partial charge on any atom is -0.497 e. The van der Waals surface area contributed by atoms with Crippen LogP contribution < -0.4 is 4.74 Å². The number of thiol groups is 1. The highest BCUT2D eigenvalue weighted by Crippen LogP contribution is 2.12. The van der Waals surface area contributed by atoms with Crippen molar-refractivity contribution in [1.82, 2.24) is 0 Å². The Morgan fingerprint density at radius 1 is 1.33 bits per heavy atom. The van der Waals surface area contributed by atoms with Crippen molar-refractivity contribution < 1.29 is 9.47 Å². The molecule has 0 bridgehead atoms. The molecule has 1 aromatic carbocycles. The topological polar surface area (TPSA) is 18.5 Å². The maximum absolute atomic E-state index is 5.46. The van der Waals surface area contributed by atoms with Gasteiger partial charge in [-0.1, -0.05) is 18.7 Å². The van der Waals surface area contributed by atoms with Crippen LogP contribution in [-0.2, 0) is 11.3 Å². The summed E-state index contributed by atoms with van der Waals surface area (Å²) in [6.07, 6.45) is 0. The molecule has 0 fully saturated rings. The van der Waals surface area contributed by atoms with E-state index in [1.807, 2.05) is 24.3 Å². The second-order valence-electron chi connectivity index (χ2n) is 3.25. The van der Waals surface area contributed by atoms with Crippen LogP contribution in [0.5, 0.6) is 5.75 Å². The van der Waals surface area contributed by atoms with Crippen LogP contribution in [0, 0.1) is 0 Å². The first-order valence-corrected chi connectivity index (χ1v) is 5.37. The van der Waals surface area contributed by atoms with E-state index in [1.165, 1.54) is 0 Å². The van der Waals surface area contributed by atoms with Crippen LogP contribution in [0.2, 0.25) is 0 Å². The fourth-order valence-corrected chi connectivity index (χ4v) is 1.17. The molecule has 0 aliphatic carbocycles. The summed E-state index contributed by atoms with van der Waals surface area (Å²) in [6.45, 7) is 4.97. The first-order chi connectivity index (χ1) is 7.26. The lowest BCUT2D eigenvalue weighted by molar-refractivity contribution is 0.143. The zero-order chi connectivity index (χ0) is 11.1. The van der Waals surface area contributed by atoms with E-state index < -0.39 is 0 Å². The lowest BCUT2D eigenvalue weighted by atomic mass is 10.2. The molecule has 2 nitrogen and oxygen atoms in total. The molecule has 3 heteroatoms. The Morgan fingerprint density at radius 3 is 2.53 bits per heavy atom. The third kappa shape index (κ3) is 4.40. The summed E-state index contributed by atoms with van der Waals surface area (Å²) in [5.74, 6) is 1.53. The van der Waals surface area contributed by atoms with Gasteiger partial charge in [-0.25, -0.2) is 0 Å². The average Bonchev–Trinajstić information content (AvgIpc) is 2.29. The first-order valence-electron chi connectivity index (χ1n) is 4.74. The van der Waals surface area contributed by atoms with E-state index >= 15 is 0 Å². The number of hydrogen-bond donors (Lipinski definition) is 1. The number of rotatable bonds is 6. The van der Waals surface area contributed by atoms with Crippen molar-refractivity contribution in [2.75, 3.05) is 19.5 Å². The number of methoxy groups -OCH3 is 1. The Kier molecular flexibility index (Phi) is 5.29. The lowest BCUT2D eigenvalue weighted by Crippen LogP contribution is -1.98. The van der Waals surface area contributed by atoms with Gasteiger partial charge in [-0.3, -0.25) is 0 Å². The van der Waals surface area contributed by atoms with Gasteiger partial charge in [0.1, 0.15) is 5.75 Å². The molecule has 0 aliphatic heterocycles. The summed E-state index contributed by atoms with van der Waals surface area (Å²) >= 11 is 4.11. The predicted molar refractivity (Wildman–Crippen MR) is 65.6 cm³/mol. The van der Waals surface area contributed by atoms with Crippen molar-refractivity contribution >= 4 is 12.6 Å². The molecular weight excluding hydrogens is 208 g/mol. The highest BCUT2D eigenvalue weighted by molar-refractivity contribution is 7.80. The second-order valence-corrected chi connectivity index (χ2v) is 3.57. The SMILES string of the molecule is C=C(CS)COCc1ccc(OC)cc1. The molecule has 0 amide bonds. The van der Waals surface area contributed by atoms with Crippen LogP contribution in [0.4, 0.5) is 0 Å². The van der Waals surface area contributed by atoms with Gasteiger partial charge in [-0.05, 0) is 23.3 Å². The smallest absolute Gasteiger partial charge is 0.118 e. The normalized spacial score (nSPS) is 10.0. The minimum atomic E-state index is 0.565. The first kappa shape index (κ1) is 12.1. The quantitative estimate of drug-likeness (QED) is 0.591. The highest BCUT2D eigenvalue weighted by atomic mass is 32.1. The van der Waals surface area contributed by atoms with E-state index in [4.69, 9.17) is 9.47 Å². The van der Waals surface area contributed by atoms with E-state index in [2.05, 4.69) is 19.2 Å². The molecule has 0 heterocycles. The van der Waals surface area contributed by atoms with Crippen molar-refractivity contribution in [3.8, 4) is 5.75 Å². The Morgan fingerprint density at radius 2 is 2.00 bits per heavy atom. The largest absolute Gasteiger partial charge is 0.497 e. The van der Waals surface area contributed by atoms with E-state index in [1.54, 1.807) is 7.11 Å². The molecule has 0 radical (unpaired) electrons. The van der Waals surface area contributed by atoms with Gasteiger partial charge in [0.25, 0.3) is 0 Å². The standard InChI is InChI=1S/C12H16O2S/c1-10(9-15)7-14-8-11-3-5-12(13-2)6-4-11/h3-6,15H,1,7-9H2,2H3. The second kappa shape index (κ2) is 6.53. The Balaban J connectivity index is 2.34. The molecule has 0 aliphatic rings. The molecule has 0 aromatic heterocycles. The molecular formula is C12H16O2S. The predicted octanol–water partition coefficient (Wildman–Crippen LogP) is 2.70. The van der Waals surface area contributed by atoms with Crippen LogP contribution in [-0.4, -0.2) is 19.5 Å². The van der Waals surface area contributed by atoms with Gasteiger partial charge < -0.3 is 9.47 Å². The molecule has 82 valence electrons. The molecule has 0 N–H and O–H groups in total. The molecule has 0 saturated heterocycles. The van der Waals surface area contributed by atoms with Crippen molar-refractivity contribution in [1.29, 1.82) is 0 Å². The number of benzene rings is 1. The van der Waals surface area contributed by atoms with Gasteiger partial charge in [0.05, 0.1) is 20.3 Å². The maximum Gasteiger partial charge on any atom is 0.118 e. The van der Waals surface area contributed by atoms with E-state index in [9.17, 15) is 0 Å². The summed E-state index contributed by atoms with van der Waals surface area (Å²) in [5.41, 5.74) is 2.12. The van der Waals surface area contributed by atoms with Crippen molar-refractivity contribution in [2.24, 2.45) is 0 Å². The summed E-state index contributed by atoms with van der Waals surface area (Å²) in [4.78, 5) is 0. The number of hydrogen-bond acceptors (Lipinski definition) is 3. The molecule has 1 rings (SSSR count). The van der Waals surface area contributed by atoms with Crippen LogP contribution >= 0.6 is 12.6 Å². The van der Waals surface area contributed by atoms with Crippen LogP contribution in [0.1, 0.15) is 5.56 Å². The summed E-state index contributed by atoms with van der Waals surface area (Å²) in [6, 6.07) is 7.82. The fourth-order valence-electron chi connectivity index (χ4n) is 1.08. The molecule has 1 aromatic rings. The van der Waals surface area contributed by atoms with Gasteiger partial charge in [0.15, 0.2) is 0 Å². The van der Waals surface area contributed by atoms with Crippen molar-refractivity contribution in [3.05, 3.63) is 42.0 Å². The van der Waals surface area contributed by atoms with E-state index in [0.717, 1.165) is 16.9 Å². The van der Waals surface area contributed by atoms with E-state index in [0.29, 0.717) is 19.0 Å². The maximum atomic E-state index is 5.46. The average molecular weight is 224 g/mol. The summed E-state index contributed by atoms with van der Waals surface area (Å²) < 4.78 is 10.5. The van der Waals surface area contributed by atoms with Crippen molar-refractivity contribution in [2.45, 2.75) is 6.61 Å². The van der Waals surface area contributed by atoms with E-state index in [-0.39, 0.29) is 0 Å². The number of ether oxygens (including phenoxy) is 2. The van der Waals surface area contributed by atoms with Crippen molar-refractivity contribution in [3.63, 3.8) is 0 Å². The molecule has 0 atom stereocenters. The molecule has 0 spiro atoms. The zero-order valence-electron chi connectivity index (χ0n) is 8.90. The van der Waals surface area contributed by atoms with Gasteiger partial charge in [-0.15, -0.1) is 0 Å². The molecule has 0 saturated carbocycles. The summed E-state index contributed by atoms with van der Waals surface area (Å²) in [5, 5.41) is 0. The van der Waals surface area contributed by atoms with Gasteiger partial charge in [0.2, 0.25) is 0 Å². The molecule has 15 heavy (non-hydrogen) atoms. The van der Waals surface area contributed by atoms with Crippen LogP contribution in [0.25, 0.3) is 0 Å². The molecule has 0 unspecified atom stereocenters. The Hall–Kier alpha value is -0.930. The fraction of sp³-hybridized carbons (Fsp3) is 0.333. The monoisotopic (exact) mass is 224 g/mol. The van der Waals surface area contributed by atoms with Gasteiger partial charge >= 0.3 is 0 Å². The third-order valence-corrected chi connectivity index (χ3v) is 2.40. The van der Waals surface area contributed by atoms with Gasteiger partial charge in [-0.2, -0.15) is 12.6 Å². The Bertz CT molecular complexity index is 306. The van der Waals surface area contributed by atoms with Gasteiger partial charge in [0, 0.05) is 5.75 Å². The third-order valence-electron chi connectivity index (χ3n) is 1.96. The van der Waals surface area contributed by atoms with Crippen LogP contribution in [0.15, 0.2) is 36.4 Å². The van der Waals surface area contributed by atoms with Crippen LogP contribution in [0.3, 0.4) is 0 Å². The zero-order valence-corrected chi connectivity index (χ0v) is 9.80. The lowest BCUT2D eigenvalue weighted by Gasteiger charge is -2.06. The summed E-state index contributed by atoms with van der Waals surface area (Å²) in [7, 11) is 1.65. The minimum absolute atomic E-state index is 0.565. The highest BCUT2D eigenvalue weighted by Gasteiger charge is 1.96. The Labute approximate surface area is 96.3 Å².